The van der Waals surface area contributed by atoms with E-state index in [2.05, 4.69) is 15.9 Å². The van der Waals surface area contributed by atoms with Crippen molar-refractivity contribution in [1.82, 2.24) is 0 Å². The third-order valence-electron chi connectivity index (χ3n) is 1.90. The third-order valence-corrected chi connectivity index (χ3v) is 3.95. The maximum absolute atomic E-state index is 11.6. The highest BCUT2D eigenvalue weighted by atomic mass is 79.9. The van der Waals surface area contributed by atoms with Gasteiger partial charge >= 0.3 is 0 Å². The molecule has 16 heavy (non-hydrogen) atoms. The molecule has 1 aromatic carbocycles. The van der Waals surface area contributed by atoms with Crippen LogP contribution < -0.4 is 0 Å². The van der Waals surface area contributed by atoms with Crippen LogP contribution in [0.2, 0.25) is 0 Å². The summed E-state index contributed by atoms with van der Waals surface area (Å²) in [5, 5.41) is 9.45. The lowest BCUT2D eigenvalue weighted by Crippen LogP contribution is -2.20. The van der Waals surface area contributed by atoms with Crippen LogP contribution >= 0.6 is 15.9 Å². The minimum atomic E-state index is -3.76. The Morgan fingerprint density at radius 1 is 1.38 bits per heavy atom. The second kappa shape index (κ2) is 5.77. The van der Waals surface area contributed by atoms with Crippen molar-refractivity contribution < 1.29 is 17.7 Å². The lowest BCUT2D eigenvalue weighted by atomic mass is 10.2. The minimum Gasteiger partial charge on any atom is -0.390 e. The number of halogens is 1. The average molecular weight is 309 g/mol. The smallest absolute Gasteiger partial charge is 0.297 e. The SMILES string of the molecule is Cc1ccc(S(=O)(=O)OCC(O)CBr)cc1. The largest absolute Gasteiger partial charge is 0.390 e. The van der Waals surface area contributed by atoms with Gasteiger partial charge in [-0.1, -0.05) is 33.6 Å². The molecule has 6 heteroatoms. The molecular weight excluding hydrogens is 296 g/mol. The Bertz CT molecular complexity index is 427. The van der Waals surface area contributed by atoms with E-state index < -0.39 is 16.2 Å². The first-order chi connectivity index (χ1) is 7.45. The molecule has 0 aliphatic rings. The lowest BCUT2D eigenvalue weighted by molar-refractivity contribution is 0.130. The number of aliphatic hydroxyl groups is 1. The van der Waals surface area contributed by atoms with Gasteiger partial charge in [-0.05, 0) is 19.1 Å². The van der Waals surface area contributed by atoms with Gasteiger partial charge in [0, 0.05) is 5.33 Å². The standard InChI is InChI=1S/C10H13BrO4S/c1-8-2-4-10(5-3-8)16(13,14)15-7-9(12)6-11/h2-5,9,12H,6-7H2,1H3. The molecule has 0 fully saturated rings. The van der Waals surface area contributed by atoms with Crippen LogP contribution in [0.5, 0.6) is 0 Å². The third kappa shape index (κ3) is 3.86. The molecule has 0 heterocycles. The van der Waals surface area contributed by atoms with Gasteiger partial charge in [-0.3, -0.25) is 4.18 Å². The van der Waals surface area contributed by atoms with Gasteiger partial charge in [0.15, 0.2) is 0 Å². The van der Waals surface area contributed by atoms with Crippen LogP contribution in [0.15, 0.2) is 29.2 Å². The summed E-state index contributed by atoms with van der Waals surface area (Å²) >= 11 is 3.02. The molecule has 1 N–H and O–H groups in total. The van der Waals surface area contributed by atoms with Gasteiger partial charge in [-0.25, -0.2) is 0 Å². The highest BCUT2D eigenvalue weighted by molar-refractivity contribution is 9.09. The van der Waals surface area contributed by atoms with E-state index in [1.807, 2.05) is 6.92 Å². The van der Waals surface area contributed by atoms with Crippen LogP contribution in [0.25, 0.3) is 0 Å². The predicted octanol–water partition coefficient (Wildman–Crippen LogP) is 1.46. The summed E-state index contributed by atoms with van der Waals surface area (Å²) in [6.45, 7) is 1.62. The van der Waals surface area contributed by atoms with Gasteiger partial charge in [0.2, 0.25) is 0 Å². The number of hydrogen-bond donors (Lipinski definition) is 1. The fourth-order valence-corrected chi connectivity index (χ4v) is 2.11. The molecule has 0 saturated heterocycles. The fourth-order valence-electron chi connectivity index (χ4n) is 0.986. The maximum Gasteiger partial charge on any atom is 0.297 e. The van der Waals surface area contributed by atoms with E-state index in [1.165, 1.54) is 12.1 Å². The highest BCUT2D eigenvalue weighted by Crippen LogP contribution is 2.13. The Morgan fingerprint density at radius 2 is 1.94 bits per heavy atom. The van der Waals surface area contributed by atoms with Crippen molar-refractivity contribution in [3.05, 3.63) is 29.8 Å². The van der Waals surface area contributed by atoms with Crippen molar-refractivity contribution in [2.45, 2.75) is 17.9 Å². The van der Waals surface area contributed by atoms with E-state index in [1.54, 1.807) is 12.1 Å². The summed E-state index contributed by atoms with van der Waals surface area (Å²) in [6, 6.07) is 6.34. The van der Waals surface area contributed by atoms with E-state index in [0.717, 1.165) is 5.56 Å². The topological polar surface area (TPSA) is 63.6 Å². The van der Waals surface area contributed by atoms with Crippen LogP contribution in [-0.2, 0) is 14.3 Å². The molecule has 0 aliphatic heterocycles. The summed E-state index contributed by atoms with van der Waals surface area (Å²) in [5.74, 6) is 0. The lowest BCUT2D eigenvalue weighted by Gasteiger charge is -2.08. The van der Waals surface area contributed by atoms with Crippen LogP contribution in [0.3, 0.4) is 0 Å². The molecule has 0 aliphatic carbocycles. The predicted molar refractivity (Wildman–Crippen MR) is 64.1 cm³/mol. The van der Waals surface area contributed by atoms with Crippen LogP contribution in [0.4, 0.5) is 0 Å². The van der Waals surface area contributed by atoms with E-state index in [-0.39, 0.29) is 16.8 Å². The molecule has 0 aromatic heterocycles. The molecule has 0 saturated carbocycles. The number of aryl methyl sites for hydroxylation is 1. The van der Waals surface area contributed by atoms with Gasteiger partial charge < -0.3 is 5.11 Å². The number of alkyl halides is 1. The Kier molecular flexibility index (Phi) is 4.91. The molecule has 1 rings (SSSR count). The molecule has 4 nitrogen and oxygen atoms in total. The number of hydrogen-bond acceptors (Lipinski definition) is 4. The van der Waals surface area contributed by atoms with Crippen molar-refractivity contribution in [2.24, 2.45) is 0 Å². The first kappa shape index (κ1) is 13.6. The molecule has 0 bridgehead atoms. The molecule has 90 valence electrons. The molecule has 0 spiro atoms. The first-order valence-electron chi connectivity index (χ1n) is 4.66. The first-order valence-corrected chi connectivity index (χ1v) is 7.19. The quantitative estimate of drug-likeness (QED) is 0.660. The van der Waals surface area contributed by atoms with E-state index >= 15 is 0 Å². The molecule has 1 atom stereocenters. The highest BCUT2D eigenvalue weighted by Gasteiger charge is 2.16. The molecule has 1 aromatic rings. The Morgan fingerprint density at radius 3 is 2.44 bits per heavy atom. The zero-order valence-electron chi connectivity index (χ0n) is 8.76. The van der Waals surface area contributed by atoms with Crippen LogP contribution in [0, 0.1) is 6.92 Å². The average Bonchev–Trinajstić information content (AvgIpc) is 2.26. The Hall–Kier alpha value is -0.430. The zero-order chi connectivity index (χ0) is 12.2. The van der Waals surface area contributed by atoms with E-state index in [4.69, 9.17) is 4.18 Å². The maximum atomic E-state index is 11.6. The van der Waals surface area contributed by atoms with Crippen molar-refractivity contribution in [3.63, 3.8) is 0 Å². The van der Waals surface area contributed by atoms with E-state index in [9.17, 15) is 13.5 Å². The monoisotopic (exact) mass is 308 g/mol. The van der Waals surface area contributed by atoms with Gasteiger partial charge in [0.25, 0.3) is 10.1 Å². The molecule has 1 unspecified atom stereocenters. The summed E-state index contributed by atoms with van der Waals surface area (Å²) in [5.41, 5.74) is 0.972. The summed E-state index contributed by atoms with van der Waals surface area (Å²) < 4.78 is 27.9. The van der Waals surface area contributed by atoms with Crippen molar-refractivity contribution >= 4 is 26.0 Å². The molecule has 0 radical (unpaired) electrons. The van der Waals surface area contributed by atoms with E-state index in [0.29, 0.717) is 0 Å². The number of benzene rings is 1. The van der Waals surface area contributed by atoms with Gasteiger partial charge in [-0.2, -0.15) is 8.42 Å². The zero-order valence-corrected chi connectivity index (χ0v) is 11.2. The summed E-state index contributed by atoms with van der Waals surface area (Å²) in [7, 11) is -3.76. The minimum absolute atomic E-state index is 0.0971. The number of rotatable bonds is 5. The van der Waals surface area contributed by atoms with Crippen molar-refractivity contribution in [2.75, 3.05) is 11.9 Å². The van der Waals surface area contributed by atoms with Gasteiger partial charge in [-0.15, -0.1) is 0 Å². The Labute approximate surface area is 104 Å². The fraction of sp³-hybridized carbons (Fsp3) is 0.400. The van der Waals surface area contributed by atoms with Crippen molar-refractivity contribution in [3.8, 4) is 0 Å². The van der Waals surface area contributed by atoms with Crippen LogP contribution in [-0.4, -0.2) is 31.6 Å². The van der Waals surface area contributed by atoms with Gasteiger partial charge in [0.1, 0.15) is 0 Å². The second-order valence-electron chi connectivity index (χ2n) is 3.36. The van der Waals surface area contributed by atoms with Crippen LogP contribution in [0.1, 0.15) is 5.56 Å². The molecular formula is C10H13BrO4S. The number of aliphatic hydroxyl groups excluding tert-OH is 1. The second-order valence-corrected chi connectivity index (χ2v) is 5.62. The summed E-state index contributed by atoms with van der Waals surface area (Å²) in [4.78, 5) is 0.0971. The molecule has 0 amide bonds. The summed E-state index contributed by atoms with van der Waals surface area (Å²) in [6.07, 6.45) is -0.833. The van der Waals surface area contributed by atoms with Gasteiger partial charge in [0.05, 0.1) is 17.6 Å². The van der Waals surface area contributed by atoms with Crippen molar-refractivity contribution in [1.29, 1.82) is 0 Å². The normalized spacial score (nSPS) is 13.7. The Balaban J connectivity index is 2.74.